The van der Waals surface area contributed by atoms with Gasteiger partial charge in [-0.05, 0) is 49.0 Å². The average molecular weight is 248 g/mol. The third kappa shape index (κ3) is 2.85. The van der Waals surface area contributed by atoms with Crippen LogP contribution < -0.4 is 10.5 Å². The fraction of sp³-hybridized carbons (Fsp3) is 0.600. The summed E-state index contributed by atoms with van der Waals surface area (Å²) in [6, 6.07) is 6.43. The number of benzene rings is 1. The predicted octanol–water partition coefficient (Wildman–Crippen LogP) is 2.17. The van der Waals surface area contributed by atoms with Gasteiger partial charge in [0.15, 0.2) is 0 Å². The third-order valence-electron chi connectivity index (χ3n) is 4.00. The Hall–Kier alpha value is -1.06. The molecule has 0 saturated carbocycles. The highest BCUT2D eigenvalue weighted by Gasteiger charge is 2.32. The monoisotopic (exact) mass is 248 g/mol. The molecule has 0 aliphatic carbocycles. The van der Waals surface area contributed by atoms with Crippen molar-refractivity contribution in [3.63, 3.8) is 0 Å². The van der Waals surface area contributed by atoms with Crippen molar-refractivity contribution < 1.29 is 4.74 Å². The highest BCUT2D eigenvalue weighted by molar-refractivity contribution is 5.36. The lowest BCUT2D eigenvalue weighted by molar-refractivity contribution is 0.274. The Morgan fingerprint density at radius 3 is 2.78 bits per heavy atom. The molecule has 1 aromatic carbocycles. The van der Waals surface area contributed by atoms with E-state index in [2.05, 4.69) is 36.9 Å². The van der Waals surface area contributed by atoms with Gasteiger partial charge >= 0.3 is 0 Å². The maximum Gasteiger partial charge on any atom is 0.121 e. The Kier molecular flexibility index (Phi) is 3.93. The summed E-state index contributed by atoms with van der Waals surface area (Å²) in [4.78, 5) is 2.49. The summed E-state index contributed by atoms with van der Waals surface area (Å²) >= 11 is 0. The van der Waals surface area contributed by atoms with Gasteiger partial charge in [0.1, 0.15) is 5.75 Å². The minimum atomic E-state index is 0.307. The highest BCUT2D eigenvalue weighted by Crippen LogP contribution is 2.30. The Morgan fingerprint density at radius 1 is 1.44 bits per heavy atom. The van der Waals surface area contributed by atoms with Crippen LogP contribution >= 0.6 is 0 Å². The molecule has 0 bridgehead atoms. The summed E-state index contributed by atoms with van der Waals surface area (Å²) in [6.45, 7) is 8.43. The van der Waals surface area contributed by atoms with Crippen LogP contribution in [0.1, 0.15) is 24.5 Å². The molecule has 1 saturated heterocycles. The number of ether oxygens (including phenoxy) is 1. The van der Waals surface area contributed by atoms with Crippen LogP contribution in [0.3, 0.4) is 0 Å². The molecule has 18 heavy (non-hydrogen) atoms. The standard InChI is InChI=1S/C15H24N2O/c1-12-8-13(4-5-14(12)18-3)9-17-7-6-15(2,10-16)11-17/h4-5,8H,6-7,9-11,16H2,1-3H3. The summed E-state index contributed by atoms with van der Waals surface area (Å²) in [5, 5.41) is 0. The minimum Gasteiger partial charge on any atom is -0.496 e. The molecule has 2 N–H and O–H groups in total. The quantitative estimate of drug-likeness (QED) is 0.887. The van der Waals surface area contributed by atoms with E-state index in [1.165, 1.54) is 17.5 Å². The van der Waals surface area contributed by atoms with Gasteiger partial charge in [-0.2, -0.15) is 0 Å². The molecule has 100 valence electrons. The van der Waals surface area contributed by atoms with Gasteiger partial charge in [-0.15, -0.1) is 0 Å². The second-order valence-electron chi connectivity index (χ2n) is 5.78. The van der Waals surface area contributed by atoms with Crippen molar-refractivity contribution in [1.82, 2.24) is 4.90 Å². The summed E-state index contributed by atoms with van der Waals surface area (Å²) in [7, 11) is 1.72. The molecular formula is C15H24N2O. The van der Waals surface area contributed by atoms with Crippen LogP contribution in [0.2, 0.25) is 0 Å². The van der Waals surface area contributed by atoms with E-state index in [0.29, 0.717) is 5.41 Å². The van der Waals surface area contributed by atoms with E-state index in [1.54, 1.807) is 7.11 Å². The summed E-state index contributed by atoms with van der Waals surface area (Å²) < 4.78 is 5.29. The molecule has 0 amide bonds. The van der Waals surface area contributed by atoms with E-state index in [-0.39, 0.29) is 0 Å². The Bertz CT molecular complexity index is 419. The average Bonchev–Trinajstić information content (AvgIpc) is 2.72. The van der Waals surface area contributed by atoms with Gasteiger partial charge in [0.2, 0.25) is 0 Å². The Labute approximate surface area is 110 Å². The van der Waals surface area contributed by atoms with Crippen LogP contribution in [-0.2, 0) is 6.54 Å². The number of rotatable bonds is 4. The molecular weight excluding hydrogens is 224 g/mol. The normalized spacial score (nSPS) is 24.4. The van der Waals surface area contributed by atoms with Gasteiger partial charge in [0.25, 0.3) is 0 Å². The van der Waals surface area contributed by atoms with Gasteiger partial charge < -0.3 is 10.5 Å². The van der Waals surface area contributed by atoms with E-state index < -0.39 is 0 Å². The zero-order chi connectivity index (χ0) is 13.2. The second kappa shape index (κ2) is 5.29. The second-order valence-corrected chi connectivity index (χ2v) is 5.78. The van der Waals surface area contributed by atoms with Gasteiger partial charge in [0.05, 0.1) is 7.11 Å². The van der Waals surface area contributed by atoms with Gasteiger partial charge in [-0.3, -0.25) is 4.90 Å². The third-order valence-corrected chi connectivity index (χ3v) is 4.00. The van der Waals surface area contributed by atoms with Crippen LogP contribution in [-0.4, -0.2) is 31.6 Å². The molecule has 0 aromatic heterocycles. The Balaban J connectivity index is 2.01. The molecule has 1 aliphatic rings. The van der Waals surface area contributed by atoms with Crippen LogP contribution in [0.15, 0.2) is 18.2 Å². The smallest absolute Gasteiger partial charge is 0.121 e. The molecule has 1 fully saturated rings. The summed E-state index contributed by atoms with van der Waals surface area (Å²) in [6.07, 6.45) is 1.21. The first kappa shape index (κ1) is 13.4. The number of hydrogen-bond acceptors (Lipinski definition) is 3. The van der Waals surface area contributed by atoms with Crippen molar-refractivity contribution in [3.8, 4) is 5.75 Å². The van der Waals surface area contributed by atoms with Crippen molar-refractivity contribution in [3.05, 3.63) is 29.3 Å². The largest absolute Gasteiger partial charge is 0.496 e. The van der Waals surface area contributed by atoms with E-state index in [9.17, 15) is 0 Å². The first-order chi connectivity index (χ1) is 8.56. The lowest BCUT2D eigenvalue weighted by atomic mass is 9.90. The first-order valence-electron chi connectivity index (χ1n) is 6.62. The van der Waals surface area contributed by atoms with E-state index >= 15 is 0 Å². The van der Waals surface area contributed by atoms with E-state index in [0.717, 1.165) is 31.9 Å². The van der Waals surface area contributed by atoms with Crippen LogP contribution in [0, 0.1) is 12.3 Å². The number of likely N-dealkylation sites (tertiary alicyclic amines) is 1. The number of nitrogens with two attached hydrogens (primary N) is 1. The molecule has 1 heterocycles. The number of methoxy groups -OCH3 is 1. The molecule has 1 atom stereocenters. The first-order valence-corrected chi connectivity index (χ1v) is 6.62. The highest BCUT2D eigenvalue weighted by atomic mass is 16.5. The van der Waals surface area contributed by atoms with Crippen LogP contribution in [0.4, 0.5) is 0 Å². The SMILES string of the molecule is COc1ccc(CN2CCC(C)(CN)C2)cc1C. The van der Waals surface area contributed by atoms with Crippen molar-refractivity contribution in [2.24, 2.45) is 11.1 Å². The van der Waals surface area contributed by atoms with Crippen LogP contribution in [0.5, 0.6) is 5.75 Å². The van der Waals surface area contributed by atoms with Gasteiger partial charge in [-0.25, -0.2) is 0 Å². The van der Waals surface area contributed by atoms with Crippen LogP contribution in [0.25, 0.3) is 0 Å². The fourth-order valence-corrected chi connectivity index (χ4v) is 2.72. The zero-order valence-electron chi connectivity index (χ0n) is 11.7. The van der Waals surface area contributed by atoms with E-state index in [1.807, 2.05) is 0 Å². The molecule has 1 aromatic rings. The van der Waals surface area contributed by atoms with Crippen molar-refractivity contribution in [2.45, 2.75) is 26.8 Å². The van der Waals surface area contributed by atoms with Gasteiger partial charge in [-0.1, -0.05) is 19.1 Å². The minimum absolute atomic E-state index is 0.307. The summed E-state index contributed by atoms with van der Waals surface area (Å²) in [5.74, 6) is 0.965. The topological polar surface area (TPSA) is 38.5 Å². The number of nitrogens with zero attached hydrogens (tertiary/aromatic N) is 1. The zero-order valence-corrected chi connectivity index (χ0v) is 11.7. The predicted molar refractivity (Wildman–Crippen MR) is 74.8 cm³/mol. The molecule has 1 aliphatic heterocycles. The van der Waals surface area contributed by atoms with Gasteiger partial charge in [0, 0.05) is 13.1 Å². The fourth-order valence-electron chi connectivity index (χ4n) is 2.72. The lowest BCUT2D eigenvalue weighted by Gasteiger charge is -2.22. The molecule has 1 unspecified atom stereocenters. The molecule has 0 radical (unpaired) electrons. The lowest BCUT2D eigenvalue weighted by Crippen LogP contribution is -2.31. The number of hydrogen-bond donors (Lipinski definition) is 1. The molecule has 3 nitrogen and oxygen atoms in total. The van der Waals surface area contributed by atoms with Crippen molar-refractivity contribution in [2.75, 3.05) is 26.7 Å². The maximum atomic E-state index is 5.84. The van der Waals surface area contributed by atoms with Crippen molar-refractivity contribution in [1.29, 1.82) is 0 Å². The molecule has 3 heteroatoms. The maximum absolute atomic E-state index is 5.84. The molecule has 2 rings (SSSR count). The van der Waals surface area contributed by atoms with E-state index in [4.69, 9.17) is 10.5 Å². The number of aryl methyl sites for hydroxylation is 1. The van der Waals surface area contributed by atoms with Crippen molar-refractivity contribution >= 4 is 0 Å². The molecule has 0 spiro atoms. The summed E-state index contributed by atoms with van der Waals surface area (Å²) in [5.41, 5.74) is 8.71. The Morgan fingerprint density at radius 2 is 2.22 bits per heavy atom.